The van der Waals surface area contributed by atoms with Gasteiger partial charge in [0.2, 0.25) is 5.91 Å². The number of rotatable bonds is 7. The van der Waals surface area contributed by atoms with Crippen LogP contribution in [0.1, 0.15) is 12.0 Å². The number of carboxylic acid groups (broad SMARTS) is 1. The third-order valence-corrected chi connectivity index (χ3v) is 4.85. The highest BCUT2D eigenvalue weighted by Crippen LogP contribution is 2.36. The second-order valence-corrected chi connectivity index (χ2v) is 6.87. The van der Waals surface area contributed by atoms with E-state index in [0.717, 1.165) is 16.7 Å². The standard InChI is InChI=1S/C16H16N2O6S2/c1-23-10-4-3-8(5-11(10)24-2)6-12-14(20)18(16(25)26-12)9(15(21)22)7-13(17)19/h3-6,9H,7H2,1-2H3,(H2,17,19)(H,21,22)/b12-6-/t9-/m1/s1. The van der Waals surface area contributed by atoms with E-state index in [1.54, 1.807) is 24.3 Å². The molecule has 1 atom stereocenters. The largest absolute Gasteiger partial charge is 0.493 e. The highest BCUT2D eigenvalue weighted by Gasteiger charge is 2.41. The molecular weight excluding hydrogens is 380 g/mol. The molecule has 0 aliphatic carbocycles. The van der Waals surface area contributed by atoms with Crippen LogP contribution in [0.3, 0.4) is 0 Å². The van der Waals surface area contributed by atoms with Crippen molar-refractivity contribution in [2.45, 2.75) is 12.5 Å². The van der Waals surface area contributed by atoms with Crippen LogP contribution >= 0.6 is 24.0 Å². The van der Waals surface area contributed by atoms with E-state index in [1.807, 2.05) is 0 Å². The van der Waals surface area contributed by atoms with E-state index in [9.17, 15) is 19.5 Å². The van der Waals surface area contributed by atoms with E-state index in [0.29, 0.717) is 17.1 Å². The maximum absolute atomic E-state index is 12.6. The first-order valence-electron chi connectivity index (χ1n) is 7.28. The SMILES string of the molecule is COc1ccc(/C=C2\SC(=S)N([C@H](CC(N)=O)C(=O)O)C2=O)cc1OC. The lowest BCUT2D eigenvalue weighted by atomic mass is 10.1. The van der Waals surface area contributed by atoms with Crippen LogP contribution < -0.4 is 15.2 Å². The van der Waals surface area contributed by atoms with Crippen molar-refractivity contribution in [3.8, 4) is 11.5 Å². The van der Waals surface area contributed by atoms with E-state index in [-0.39, 0.29) is 9.23 Å². The topological polar surface area (TPSA) is 119 Å². The third kappa shape index (κ3) is 4.14. The van der Waals surface area contributed by atoms with Crippen LogP contribution in [0.4, 0.5) is 0 Å². The zero-order valence-corrected chi connectivity index (χ0v) is 15.6. The first-order chi connectivity index (χ1) is 12.3. The highest BCUT2D eigenvalue weighted by molar-refractivity contribution is 8.26. The first-order valence-corrected chi connectivity index (χ1v) is 8.51. The van der Waals surface area contributed by atoms with E-state index in [4.69, 9.17) is 27.4 Å². The fraction of sp³-hybridized carbons (Fsp3) is 0.250. The first kappa shape index (κ1) is 19.7. The molecule has 1 aromatic carbocycles. The molecule has 0 aromatic heterocycles. The third-order valence-electron chi connectivity index (χ3n) is 3.52. The maximum atomic E-state index is 12.6. The normalized spacial score (nSPS) is 16.7. The van der Waals surface area contributed by atoms with Gasteiger partial charge >= 0.3 is 5.97 Å². The monoisotopic (exact) mass is 396 g/mol. The summed E-state index contributed by atoms with van der Waals surface area (Å²) in [5.74, 6) is -1.77. The number of amides is 2. The molecule has 2 rings (SSSR count). The number of methoxy groups -OCH3 is 2. The predicted molar refractivity (Wildman–Crippen MR) is 99.8 cm³/mol. The van der Waals surface area contributed by atoms with Crippen molar-refractivity contribution in [2.24, 2.45) is 5.73 Å². The minimum Gasteiger partial charge on any atom is -0.493 e. The van der Waals surface area contributed by atoms with Gasteiger partial charge in [0, 0.05) is 0 Å². The Kier molecular flexibility index (Phi) is 6.22. The summed E-state index contributed by atoms with van der Waals surface area (Å²) in [5.41, 5.74) is 5.72. The van der Waals surface area contributed by atoms with Gasteiger partial charge in [-0.25, -0.2) is 4.79 Å². The van der Waals surface area contributed by atoms with Gasteiger partial charge in [0.1, 0.15) is 10.4 Å². The Morgan fingerprint density at radius 2 is 2.00 bits per heavy atom. The Morgan fingerprint density at radius 3 is 2.54 bits per heavy atom. The number of carbonyl (C=O) groups is 3. The molecule has 26 heavy (non-hydrogen) atoms. The number of primary amides is 1. The van der Waals surface area contributed by atoms with Crippen molar-refractivity contribution < 1.29 is 29.0 Å². The molecule has 138 valence electrons. The van der Waals surface area contributed by atoms with Gasteiger partial charge in [0.25, 0.3) is 5.91 Å². The van der Waals surface area contributed by atoms with Crippen LogP contribution in [-0.2, 0) is 14.4 Å². The van der Waals surface area contributed by atoms with Crippen molar-refractivity contribution in [3.63, 3.8) is 0 Å². The summed E-state index contributed by atoms with van der Waals surface area (Å²) in [7, 11) is 3.00. The lowest BCUT2D eigenvalue weighted by molar-refractivity contribution is -0.146. The number of ether oxygens (including phenoxy) is 2. The predicted octanol–water partition coefficient (Wildman–Crippen LogP) is 1.23. The van der Waals surface area contributed by atoms with Gasteiger partial charge < -0.3 is 20.3 Å². The van der Waals surface area contributed by atoms with Gasteiger partial charge in [0.05, 0.1) is 25.5 Å². The van der Waals surface area contributed by atoms with Crippen LogP contribution in [0.25, 0.3) is 6.08 Å². The molecule has 1 aromatic rings. The summed E-state index contributed by atoms with van der Waals surface area (Å²) in [5, 5.41) is 9.30. The highest BCUT2D eigenvalue weighted by atomic mass is 32.2. The molecule has 1 aliphatic rings. The number of thiocarbonyl (C=S) groups is 1. The van der Waals surface area contributed by atoms with Crippen molar-refractivity contribution in [1.82, 2.24) is 4.90 Å². The fourth-order valence-corrected chi connectivity index (χ4v) is 3.68. The van der Waals surface area contributed by atoms with Crippen LogP contribution in [-0.4, -0.2) is 52.4 Å². The average Bonchev–Trinajstić information content (AvgIpc) is 2.86. The zero-order valence-electron chi connectivity index (χ0n) is 13.9. The Morgan fingerprint density at radius 1 is 1.35 bits per heavy atom. The van der Waals surface area contributed by atoms with Gasteiger partial charge in [0.15, 0.2) is 11.5 Å². The summed E-state index contributed by atoms with van der Waals surface area (Å²) in [4.78, 5) is 36.3. The maximum Gasteiger partial charge on any atom is 0.327 e. The average molecular weight is 396 g/mol. The van der Waals surface area contributed by atoms with Gasteiger partial charge in [-0.2, -0.15) is 0 Å². The van der Waals surface area contributed by atoms with E-state index < -0.39 is 30.2 Å². The van der Waals surface area contributed by atoms with Crippen molar-refractivity contribution >= 4 is 52.2 Å². The molecule has 1 fully saturated rings. The van der Waals surface area contributed by atoms with Crippen LogP contribution in [0.2, 0.25) is 0 Å². The quantitative estimate of drug-likeness (QED) is 0.522. The Hall–Kier alpha value is -2.59. The number of nitrogens with zero attached hydrogens (tertiary/aromatic N) is 1. The molecule has 0 saturated carbocycles. The zero-order chi connectivity index (χ0) is 19.4. The Labute approximate surface area is 158 Å². The lowest BCUT2D eigenvalue weighted by Crippen LogP contribution is -2.46. The molecule has 1 heterocycles. The van der Waals surface area contributed by atoms with Crippen LogP contribution in [0.15, 0.2) is 23.1 Å². The van der Waals surface area contributed by atoms with Crippen molar-refractivity contribution in [1.29, 1.82) is 0 Å². The molecule has 10 heteroatoms. The van der Waals surface area contributed by atoms with E-state index in [1.165, 1.54) is 14.2 Å². The summed E-state index contributed by atoms with van der Waals surface area (Å²) < 4.78 is 10.4. The number of hydrogen-bond acceptors (Lipinski definition) is 7. The molecule has 1 saturated heterocycles. The molecular formula is C16H16N2O6S2. The molecule has 3 N–H and O–H groups in total. The molecule has 0 bridgehead atoms. The van der Waals surface area contributed by atoms with Gasteiger partial charge in [-0.1, -0.05) is 30.0 Å². The number of thioether (sulfide) groups is 1. The smallest absolute Gasteiger partial charge is 0.327 e. The molecule has 0 unspecified atom stereocenters. The minimum absolute atomic E-state index is 0.0513. The van der Waals surface area contributed by atoms with Gasteiger partial charge in [-0.05, 0) is 23.8 Å². The fourth-order valence-electron chi connectivity index (χ4n) is 2.32. The minimum atomic E-state index is -1.43. The number of nitrogens with two attached hydrogens (primary N) is 1. The molecule has 8 nitrogen and oxygen atoms in total. The van der Waals surface area contributed by atoms with Gasteiger partial charge in [-0.3, -0.25) is 14.5 Å². The van der Waals surface area contributed by atoms with E-state index >= 15 is 0 Å². The molecule has 1 aliphatic heterocycles. The van der Waals surface area contributed by atoms with Crippen LogP contribution in [0, 0.1) is 0 Å². The molecule has 0 spiro atoms. The summed E-state index contributed by atoms with van der Waals surface area (Å²) in [6, 6.07) is 3.63. The second kappa shape index (κ2) is 8.19. The number of benzene rings is 1. The lowest BCUT2D eigenvalue weighted by Gasteiger charge is -2.21. The number of aliphatic carboxylic acids is 1. The summed E-state index contributed by atoms with van der Waals surface area (Å²) in [6.07, 6.45) is 1.04. The second-order valence-electron chi connectivity index (χ2n) is 5.19. The Bertz CT molecular complexity index is 808. The van der Waals surface area contributed by atoms with E-state index in [2.05, 4.69) is 0 Å². The summed E-state index contributed by atoms with van der Waals surface area (Å²) >= 11 is 6.07. The van der Waals surface area contributed by atoms with Crippen LogP contribution in [0.5, 0.6) is 11.5 Å². The molecule has 0 radical (unpaired) electrons. The number of hydrogen-bond donors (Lipinski definition) is 2. The number of carbonyl (C=O) groups excluding carboxylic acids is 2. The molecule has 2 amide bonds. The number of carboxylic acids is 1. The summed E-state index contributed by atoms with van der Waals surface area (Å²) in [6.45, 7) is 0. The van der Waals surface area contributed by atoms with Crippen molar-refractivity contribution in [3.05, 3.63) is 28.7 Å². The van der Waals surface area contributed by atoms with Gasteiger partial charge in [-0.15, -0.1) is 0 Å². The Balaban J connectivity index is 2.34. The van der Waals surface area contributed by atoms with Crippen molar-refractivity contribution in [2.75, 3.05) is 14.2 Å².